The molecule has 25 heavy (non-hydrogen) atoms. The quantitative estimate of drug-likeness (QED) is 0.771. The van der Waals surface area contributed by atoms with E-state index < -0.39 is 0 Å². The smallest absolute Gasteiger partial charge is 0.326 e. The zero-order chi connectivity index (χ0) is 17.2. The van der Waals surface area contributed by atoms with E-state index in [0.29, 0.717) is 13.1 Å². The first-order valence-electron chi connectivity index (χ1n) is 9.18. The summed E-state index contributed by atoms with van der Waals surface area (Å²) in [7, 11) is 0. The minimum absolute atomic E-state index is 0.0263. The molecule has 2 aliphatic rings. The third-order valence-corrected chi connectivity index (χ3v) is 5.37. The molecule has 3 N–H and O–H groups in total. The Bertz CT molecular complexity index is 797. The van der Waals surface area contributed by atoms with E-state index in [-0.39, 0.29) is 23.8 Å². The van der Waals surface area contributed by atoms with Gasteiger partial charge in [-0.25, -0.2) is 9.59 Å². The van der Waals surface area contributed by atoms with Crippen molar-refractivity contribution in [1.29, 1.82) is 0 Å². The van der Waals surface area contributed by atoms with Crippen LogP contribution in [0, 0.1) is 0 Å². The molecule has 0 spiro atoms. The zero-order valence-electron chi connectivity index (χ0n) is 14.3. The third-order valence-electron chi connectivity index (χ3n) is 5.37. The number of likely N-dealkylation sites (tertiary alicyclic amines) is 1. The second-order valence-electron chi connectivity index (χ2n) is 7.03. The number of carbonyl (C=O) groups is 1. The van der Waals surface area contributed by atoms with Gasteiger partial charge in [0.15, 0.2) is 0 Å². The number of urea groups is 1. The van der Waals surface area contributed by atoms with Crippen LogP contribution in [0.1, 0.15) is 31.7 Å². The number of rotatable bonds is 2. The van der Waals surface area contributed by atoms with Crippen LogP contribution in [0.15, 0.2) is 29.1 Å². The highest BCUT2D eigenvalue weighted by Gasteiger charge is 2.27. The molecule has 2 fully saturated rings. The zero-order valence-corrected chi connectivity index (χ0v) is 14.3. The lowest BCUT2D eigenvalue weighted by atomic mass is 10.0. The first-order valence-corrected chi connectivity index (χ1v) is 9.18. The van der Waals surface area contributed by atoms with E-state index in [4.69, 9.17) is 0 Å². The average molecular weight is 343 g/mol. The summed E-state index contributed by atoms with van der Waals surface area (Å²) in [5.41, 5.74) is 1.76. The highest BCUT2D eigenvalue weighted by molar-refractivity contribution is 5.75. The van der Waals surface area contributed by atoms with E-state index in [1.54, 1.807) is 0 Å². The van der Waals surface area contributed by atoms with Crippen molar-refractivity contribution in [2.24, 2.45) is 0 Å². The summed E-state index contributed by atoms with van der Waals surface area (Å²) in [5, 5.41) is 6.45. The molecular formula is C18H25N5O2. The first-order chi connectivity index (χ1) is 12.2. The van der Waals surface area contributed by atoms with Gasteiger partial charge in [0.25, 0.3) is 0 Å². The number of nitrogens with zero attached hydrogens (tertiary/aromatic N) is 2. The van der Waals surface area contributed by atoms with E-state index in [1.807, 2.05) is 33.7 Å². The Morgan fingerprint density at radius 3 is 2.72 bits per heavy atom. The Balaban J connectivity index is 1.40. The molecule has 7 heteroatoms. The van der Waals surface area contributed by atoms with Crippen molar-refractivity contribution in [3.8, 4) is 0 Å². The molecule has 0 aliphatic carbocycles. The minimum Gasteiger partial charge on any atom is -0.334 e. The lowest BCUT2D eigenvalue weighted by Gasteiger charge is -2.34. The molecule has 2 aliphatic heterocycles. The van der Waals surface area contributed by atoms with E-state index >= 15 is 0 Å². The molecule has 1 atom stereocenters. The summed E-state index contributed by atoms with van der Waals surface area (Å²) >= 11 is 0. The Kier molecular flexibility index (Phi) is 4.48. The summed E-state index contributed by atoms with van der Waals surface area (Å²) in [6.45, 7) is 3.26. The van der Waals surface area contributed by atoms with Gasteiger partial charge in [-0.15, -0.1) is 0 Å². The van der Waals surface area contributed by atoms with E-state index in [0.717, 1.165) is 49.8 Å². The maximum atomic E-state index is 12.5. The molecule has 1 aromatic heterocycles. The number of carbonyl (C=O) groups excluding carboxylic acids is 1. The fourth-order valence-electron chi connectivity index (χ4n) is 4.00. The molecule has 2 amide bonds. The fraction of sp³-hybridized carbons (Fsp3) is 0.556. The Morgan fingerprint density at radius 1 is 1.16 bits per heavy atom. The van der Waals surface area contributed by atoms with Gasteiger partial charge in [-0.05, 0) is 44.4 Å². The summed E-state index contributed by atoms with van der Waals surface area (Å²) in [5.74, 6) is 0. The Labute approximate surface area is 146 Å². The van der Waals surface area contributed by atoms with Crippen LogP contribution in [0.4, 0.5) is 4.79 Å². The molecule has 0 saturated carbocycles. The van der Waals surface area contributed by atoms with Crippen LogP contribution in [0.5, 0.6) is 0 Å². The number of H-pyrrole nitrogens is 1. The van der Waals surface area contributed by atoms with Crippen LogP contribution in [-0.4, -0.2) is 52.7 Å². The lowest BCUT2D eigenvalue weighted by Crippen LogP contribution is -2.52. The number of amides is 2. The van der Waals surface area contributed by atoms with Gasteiger partial charge in [-0.2, -0.15) is 0 Å². The number of imidazole rings is 1. The summed E-state index contributed by atoms with van der Waals surface area (Å²) in [6.07, 6.45) is 3.76. The number of benzene rings is 1. The van der Waals surface area contributed by atoms with Crippen LogP contribution in [0.25, 0.3) is 11.0 Å². The van der Waals surface area contributed by atoms with Gasteiger partial charge < -0.3 is 20.5 Å². The van der Waals surface area contributed by atoms with Crippen molar-refractivity contribution in [1.82, 2.24) is 25.1 Å². The second kappa shape index (κ2) is 6.92. The summed E-state index contributed by atoms with van der Waals surface area (Å²) < 4.78 is 1.86. The third kappa shape index (κ3) is 3.28. The number of aromatic amines is 1. The van der Waals surface area contributed by atoms with E-state index in [1.165, 1.54) is 0 Å². The van der Waals surface area contributed by atoms with Gasteiger partial charge in [0, 0.05) is 31.7 Å². The van der Waals surface area contributed by atoms with Crippen LogP contribution < -0.4 is 16.3 Å². The SMILES string of the molecule is O=C(N[C@H]1CCCNC1)N1CCC(n2c(=O)[nH]c3ccccc32)CC1. The van der Waals surface area contributed by atoms with Crippen molar-refractivity contribution >= 4 is 17.1 Å². The van der Waals surface area contributed by atoms with Gasteiger partial charge >= 0.3 is 11.7 Å². The van der Waals surface area contributed by atoms with Crippen LogP contribution >= 0.6 is 0 Å². The number of fused-ring (bicyclic) bond motifs is 1. The molecule has 2 saturated heterocycles. The van der Waals surface area contributed by atoms with Gasteiger partial charge in [0.05, 0.1) is 11.0 Å². The monoisotopic (exact) mass is 343 g/mol. The van der Waals surface area contributed by atoms with Crippen LogP contribution in [-0.2, 0) is 0 Å². The molecule has 0 radical (unpaired) electrons. The van der Waals surface area contributed by atoms with E-state index in [2.05, 4.69) is 15.6 Å². The highest BCUT2D eigenvalue weighted by Crippen LogP contribution is 2.24. The standard InChI is InChI=1S/C18H25N5O2/c24-17(20-13-4-3-9-19-12-13)22-10-7-14(8-11-22)23-16-6-2-1-5-15(16)21-18(23)25/h1-2,5-6,13-14,19H,3-4,7-12H2,(H,20,24)(H,21,25)/t13-/m0/s1. The number of piperidine rings is 2. The van der Waals surface area contributed by atoms with Gasteiger partial charge in [-0.3, -0.25) is 4.57 Å². The second-order valence-corrected chi connectivity index (χ2v) is 7.03. The lowest BCUT2D eigenvalue weighted by molar-refractivity contribution is 0.166. The molecular weight excluding hydrogens is 318 g/mol. The number of hydrogen-bond donors (Lipinski definition) is 3. The number of para-hydroxylation sites is 2. The fourth-order valence-corrected chi connectivity index (χ4v) is 4.00. The molecule has 4 rings (SSSR count). The number of nitrogens with one attached hydrogen (secondary N) is 3. The number of aromatic nitrogens is 2. The van der Waals surface area contributed by atoms with Gasteiger partial charge in [0.1, 0.15) is 0 Å². The molecule has 2 aromatic rings. The average Bonchev–Trinajstić information content (AvgIpc) is 2.98. The maximum absolute atomic E-state index is 12.5. The molecule has 7 nitrogen and oxygen atoms in total. The van der Waals surface area contributed by atoms with Crippen LogP contribution in [0.2, 0.25) is 0 Å². The molecule has 134 valence electrons. The van der Waals surface area contributed by atoms with Crippen molar-refractivity contribution in [2.45, 2.75) is 37.8 Å². The van der Waals surface area contributed by atoms with Gasteiger partial charge in [0.2, 0.25) is 0 Å². The van der Waals surface area contributed by atoms with Crippen LogP contribution in [0.3, 0.4) is 0 Å². The normalized spacial score (nSPS) is 22.2. The number of hydrogen-bond acceptors (Lipinski definition) is 3. The Morgan fingerprint density at radius 2 is 1.96 bits per heavy atom. The topological polar surface area (TPSA) is 82.2 Å². The maximum Gasteiger partial charge on any atom is 0.326 e. The van der Waals surface area contributed by atoms with Crippen molar-refractivity contribution < 1.29 is 4.79 Å². The predicted octanol–water partition coefficient (Wildman–Crippen LogP) is 1.43. The molecule has 0 unspecified atom stereocenters. The Hall–Kier alpha value is -2.28. The van der Waals surface area contributed by atoms with Gasteiger partial charge in [-0.1, -0.05) is 12.1 Å². The van der Waals surface area contributed by atoms with Crippen molar-refractivity contribution in [3.63, 3.8) is 0 Å². The van der Waals surface area contributed by atoms with Crippen molar-refractivity contribution in [3.05, 3.63) is 34.7 Å². The molecule has 0 bridgehead atoms. The minimum atomic E-state index is -0.0580. The summed E-state index contributed by atoms with van der Waals surface area (Å²) in [6, 6.07) is 8.18. The first kappa shape index (κ1) is 16.2. The summed E-state index contributed by atoms with van der Waals surface area (Å²) in [4.78, 5) is 29.6. The predicted molar refractivity (Wildman–Crippen MR) is 96.8 cm³/mol. The van der Waals surface area contributed by atoms with E-state index in [9.17, 15) is 9.59 Å². The molecule has 3 heterocycles. The molecule has 1 aromatic carbocycles. The van der Waals surface area contributed by atoms with Crippen molar-refractivity contribution in [2.75, 3.05) is 26.2 Å². The highest BCUT2D eigenvalue weighted by atomic mass is 16.2. The largest absolute Gasteiger partial charge is 0.334 e.